The second-order valence-corrected chi connectivity index (χ2v) is 5.93. The minimum absolute atomic E-state index is 0.218. The predicted molar refractivity (Wildman–Crippen MR) is 73.9 cm³/mol. The summed E-state index contributed by atoms with van der Waals surface area (Å²) >= 11 is 1.65. The Hall–Kier alpha value is -2.10. The van der Waals surface area contributed by atoms with Gasteiger partial charge in [-0.25, -0.2) is 4.79 Å². The van der Waals surface area contributed by atoms with Crippen LogP contribution in [0.4, 0.5) is 5.69 Å². The lowest BCUT2D eigenvalue weighted by Crippen LogP contribution is -2.57. The smallest absolute Gasteiger partial charge is 0.329 e. The molecule has 1 aromatic heterocycles. The first-order valence-electron chi connectivity index (χ1n) is 6.22. The largest absolute Gasteiger partial charge is 0.480 e. The van der Waals surface area contributed by atoms with Gasteiger partial charge in [-0.2, -0.15) is 16.9 Å². The molecule has 0 radical (unpaired) electrons. The third-order valence-corrected chi connectivity index (χ3v) is 4.26. The highest BCUT2D eigenvalue weighted by Crippen LogP contribution is 2.27. The first-order valence-corrected chi connectivity index (χ1v) is 7.37. The summed E-state index contributed by atoms with van der Waals surface area (Å²) in [5.41, 5.74) is -1.47. The third-order valence-electron chi connectivity index (χ3n) is 3.27. The Balaban J connectivity index is 2.02. The third kappa shape index (κ3) is 3.51. The topological polar surface area (TPSA) is 127 Å². The Labute approximate surface area is 123 Å². The van der Waals surface area contributed by atoms with Crippen LogP contribution in [0.2, 0.25) is 0 Å². The number of carbonyl (C=O) groups excluding carboxylic acids is 1. The van der Waals surface area contributed by atoms with Crippen LogP contribution in [0, 0.1) is 10.1 Å². The molecule has 1 amide bonds. The quantitative estimate of drug-likeness (QED) is 0.589. The zero-order chi connectivity index (χ0) is 15.5. The monoisotopic (exact) mass is 314 g/mol. The van der Waals surface area contributed by atoms with Gasteiger partial charge in [0.05, 0.1) is 4.92 Å². The van der Waals surface area contributed by atoms with E-state index < -0.39 is 22.3 Å². The molecule has 1 aromatic rings. The maximum Gasteiger partial charge on any atom is 0.329 e. The van der Waals surface area contributed by atoms with E-state index in [-0.39, 0.29) is 12.2 Å². The first kappa shape index (κ1) is 15.3. The Morgan fingerprint density at radius 3 is 2.71 bits per heavy atom. The van der Waals surface area contributed by atoms with Crippen molar-refractivity contribution in [1.29, 1.82) is 0 Å². The maximum absolute atomic E-state index is 12.0. The molecule has 0 unspecified atom stereocenters. The minimum atomic E-state index is -1.25. The summed E-state index contributed by atoms with van der Waals surface area (Å²) in [7, 11) is 0. The molecule has 0 aromatic carbocycles. The van der Waals surface area contributed by atoms with Crippen molar-refractivity contribution in [3.05, 3.63) is 22.5 Å². The van der Waals surface area contributed by atoms with E-state index >= 15 is 0 Å². The van der Waals surface area contributed by atoms with Crippen LogP contribution in [0.15, 0.2) is 12.4 Å². The van der Waals surface area contributed by atoms with Gasteiger partial charge < -0.3 is 10.4 Å². The molecule has 1 fully saturated rings. The molecule has 0 bridgehead atoms. The van der Waals surface area contributed by atoms with E-state index in [0.717, 1.165) is 17.1 Å². The van der Waals surface area contributed by atoms with Crippen molar-refractivity contribution in [2.24, 2.45) is 0 Å². The van der Waals surface area contributed by atoms with Crippen LogP contribution >= 0.6 is 11.8 Å². The van der Waals surface area contributed by atoms with Gasteiger partial charge in [-0.1, -0.05) is 0 Å². The van der Waals surface area contributed by atoms with Gasteiger partial charge in [0, 0.05) is 0 Å². The fourth-order valence-electron chi connectivity index (χ4n) is 2.10. The van der Waals surface area contributed by atoms with Gasteiger partial charge in [0.2, 0.25) is 5.91 Å². The van der Waals surface area contributed by atoms with Gasteiger partial charge in [-0.15, -0.1) is 0 Å². The van der Waals surface area contributed by atoms with Crippen molar-refractivity contribution in [3.63, 3.8) is 0 Å². The van der Waals surface area contributed by atoms with Crippen molar-refractivity contribution in [3.8, 4) is 0 Å². The molecule has 2 rings (SSSR count). The van der Waals surface area contributed by atoms with E-state index in [2.05, 4.69) is 10.4 Å². The molecule has 114 valence electrons. The summed E-state index contributed by atoms with van der Waals surface area (Å²) in [6, 6.07) is 0. The Morgan fingerprint density at radius 2 is 2.19 bits per heavy atom. The molecule has 9 nitrogen and oxygen atoms in total. The average molecular weight is 314 g/mol. The fourth-order valence-corrected chi connectivity index (χ4v) is 3.29. The van der Waals surface area contributed by atoms with Gasteiger partial charge >= 0.3 is 11.7 Å². The van der Waals surface area contributed by atoms with Crippen LogP contribution in [-0.2, 0) is 16.1 Å². The molecule has 2 heterocycles. The number of amides is 1. The summed E-state index contributed by atoms with van der Waals surface area (Å²) in [4.78, 5) is 33.3. The summed E-state index contributed by atoms with van der Waals surface area (Å²) < 4.78 is 1.11. The molecule has 0 spiro atoms. The number of carbonyl (C=O) groups is 2. The van der Waals surface area contributed by atoms with Crippen LogP contribution in [-0.4, -0.2) is 48.7 Å². The lowest BCUT2D eigenvalue weighted by atomic mass is 9.92. The lowest BCUT2D eigenvalue weighted by molar-refractivity contribution is -0.385. The van der Waals surface area contributed by atoms with Crippen molar-refractivity contribution in [2.45, 2.75) is 24.9 Å². The molecule has 21 heavy (non-hydrogen) atoms. The highest BCUT2D eigenvalue weighted by molar-refractivity contribution is 7.99. The van der Waals surface area contributed by atoms with E-state index in [0.29, 0.717) is 24.3 Å². The molecule has 1 aliphatic rings. The molecule has 1 aliphatic heterocycles. The second kappa shape index (κ2) is 6.12. The van der Waals surface area contributed by atoms with Gasteiger partial charge in [0.25, 0.3) is 0 Å². The number of rotatable bonds is 5. The van der Waals surface area contributed by atoms with Crippen LogP contribution < -0.4 is 5.32 Å². The number of thioether (sulfide) groups is 1. The summed E-state index contributed by atoms with van der Waals surface area (Å²) in [5, 5.41) is 26.1. The minimum Gasteiger partial charge on any atom is -0.480 e. The van der Waals surface area contributed by atoms with E-state index in [9.17, 15) is 24.8 Å². The van der Waals surface area contributed by atoms with Crippen molar-refractivity contribution in [1.82, 2.24) is 15.1 Å². The number of hydrogen-bond donors (Lipinski definition) is 2. The van der Waals surface area contributed by atoms with Crippen LogP contribution in [0.25, 0.3) is 0 Å². The fraction of sp³-hybridized carbons (Fsp3) is 0.545. The van der Waals surface area contributed by atoms with Gasteiger partial charge in [-0.05, 0) is 24.3 Å². The van der Waals surface area contributed by atoms with Crippen LogP contribution in [0.3, 0.4) is 0 Å². The summed E-state index contributed by atoms with van der Waals surface area (Å²) in [6.45, 7) is -0.254. The number of nitrogens with zero attached hydrogens (tertiary/aromatic N) is 3. The molecule has 0 aliphatic carbocycles. The second-order valence-electron chi connectivity index (χ2n) is 4.70. The zero-order valence-corrected chi connectivity index (χ0v) is 11.8. The zero-order valence-electron chi connectivity index (χ0n) is 11.0. The molecule has 2 N–H and O–H groups in total. The molecule has 1 saturated heterocycles. The first-order chi connectivity index (χ1) is 9.93. The van der Waals surface area contributed by atoms with Crippen molar-refractivity contribution < 1.29 is 19.6 Å². The molecule has 0 atom stereocenters. The van der Waals surface area contributed by atoms with Gasteiger partial charge in [-0.3, -0.25) is 19.6 Å². The normalized spacial score (nSPS) is 17.1. The van der Waals surface area contributed by atoms with Crippen molar-refractivity contribution in [2.75, 3.05) is 11.5 Å². The average Bonchev–Trinajstić information content (AvgIpc) is 2.88. The molecule has 0 saturated carbocycles. The highest BCUT2D eigenvalue weighted by atomic mass is 32.2. The number of carboxylic acids is 1. The summed E-state index contributed by atoms with van der Waals surface area (Å²) in [5.74, 6) is -0.246. The number of hydrogen-bond acceptors (Lipinski definition) is 6. The molecule has 10 heteroatoms. The predicted octanol–water partition coefficient (Wildman–Crippen LogP) is 0.258. The van der Waals surface area contributed by atoms with E-state index in [1.165, 1.54) is 0 Å². The molecular weight excluding hydrogens is 300 g/mol. The Bertz CT molecular complexity index is 567. The number of aromatic nitrogens is 2. The summed E-state index contributed by atoms with van der Waals surface area (Å²) in [6.07, 6.45) is 2.89. The van der Waals surface area contributed by atoms with Crippen molar-refractivity contribution >= 4 is 29.3 Å². The van der Waals surface area contributed by atoms with E-state index in [4.69, 9.17) is 0 Å². The Morgan fingerprint density at radius 1 is 1.52 bits per heavy atom. The number of nitro groups is 1. The van der Waals surface area contributed by atoms with Crippen LogP contribution in [0.5, 0.6) is 0 Å². The Kier molecular flexibility index (Phi) is 4.46. The number of nitrogens with one attached hydrogen (secondary N) is 1. The molecular formula is C11H14N4O5S. The maximum atomic E-state index is 12.0. The lowest BCUT2D eigenvalue weighted by Gasteiger charge is -2.33. The van der Waals surface area contributed by atoms with Gasteiger partial charge in [0.15, 0.2) is 0 Å². The number of carboxylic acid groups (broad SMARTS) is 1. The SMILES string of the molecule is O=C(Cn1cc([N+](=O)[O-])cn1)NC1(C(=O)O)CCSCC1. The van der Waals surface area contributed by atoms with E-state index in [1.807, 2.05) is 0 Å². The highest BCUT2D eigenvalue weighted by Gasteiger charge is 2.41. The van der Waals surface area contributed by atoms with Gasteiger partial charge in [0.1, 0.15) is 24.5 Å². The van der Waals surface area contributed by atoms with Crippen LogP contribution in [0.1, 0.15) is 12.8 Å². The van der Waals surface area contributed by atoms with E-state index in [1.54, 1.807) is 11.8 Å². The number of aliphatic carboxylic acids is 1. The standard InChI is InChI=1S/C11H14N4O5S/c16-9(7-14-6-8(5-12-14)15(19)20)13-11(10(17)18)1-3-21-4-2-11/h5-6H,1-4,7H2,(H,13,16)(H,17,18).